The van der Waals surface area contributed by atoms with Gasteiger partial charge in [-0.05, 0) is 0 Å². The highest BCUT2D eigenvalue weighted by atomic mass is 32.1. The maximum Gasteiger partial charge on any atom is 0.427 e. The molecule has 0 aliphatic heterocycles. The molecule has 0 saturated heterocycles. The van der Waals surface area contributed by atoms with Crippen molar-refractivity contribution in [3.63, 3.8) is 0 Å². The quantitative estimate of drug-likeness (QED) is 0.919. The number of rotatable bonds is 3. The van der Waals surface area contributed by atoms with E-state index in [9.17, 15) is 13.2 Å². The Morgan fingerprint density at radius 2 is 2.18 bits per heavy atom. The average molecular weight is 263 g/mol. The Morgan fingerprint density at radius 1 is 1.41 bits per heavy atom. The van der Waals surface area contributed by atoms with Crippen LogP contribution in [0.2, 0.25) is 0 Å². The van der Waals surface area contributed by atoms with Crippen LogP contribution in [0.3, 0.4) is 0 Å². The smallest absolute Gasteiger partial charge is 0.344 e. The number of aromatic amines is 1. The maximum atomic E-state index is 12.4. The lowest BCUT2D eigenvalue weighted by atomic mass is 10.5. The van der Waals surface area contributed by atoms with Gasteiger partial charge in [0.25, 0.3) is 0 Å². The SMILES string of the molecule is CN(Cc1ncn[nH]1)c1ncc(C(F)(F)F)s1. The molecule has 0 unspecified atom stereocenters. The third-order valence-electron chi connectivity index (χ3n) is 1.95. The van der Waals surface area contributed by atoms with Crippen LogP contribution in [0.5, 0.6) is 0 Å². The lowest BCUT2D eigenvalue weighted by molar-refractivity contribution is -0.134. The highest BCUT2D eigenvalue weighted by molar-refractivity contribution is 7.15. The first-order valence-corrected chi connectivity index (χ1v) is 5.37. The number of H-pyrrole nitrogens is 1. The Morgan fingerprint density at radius 3 is 2.71 bits per heavy atom. The van der Waals surface area contributed by atoms with E-state index in [0.29, 0.717) is 23.7 Å². The molecule has 0 aromatic carbocycles. The Labute approximate surface area is 98.3 Å². The van der Waals surface area contributed by atoms with E-state index in [0.717, 1.165) is 6.20 Å². The van der Waals surface area contributed by atoms with Crippen LogP contribution in [-0.4, -0.2) is 27.2 Å². The van der Waals surface area contributed by atoms with Gasteiger partial charge in [0.05, 0.1) is 12.7 Å². The fraction of sp³-hybridized carbons (Fsp3) is 0.375. The number of alkyl halides is 3. The summed E-state index contributed by atoms with van der Waals surface area (Å²) in [5.74, 6) is 0.566. The zero-order valence-corrected chi connectivity index (χ0v) is 9.51. The van der Waals surface area contributed by atoms with E-state index in [1.54, 1.807) is 11.9 Å². The predicted octanol–water partition coefficient (Wildman–Crippen LogP) is 1.92. The third kappa shape index (κ3) is 2.73. The summed E-state index contributed by atoms with van der Waals surface area (Å²) in [4.78, 5) is 8.47. The zero-order chi connectivity index (χ0) is 12.5. The minimum Gasteiger partial charge on any atom is -0.344 e. The van der Waals surface area contributed by atoms with Crippen molar-refractivity contribution >= 4 is 16.5 Å². The van der Waals surface area contributed by atoms with Gasteiger partial charge in [0.2, 0.25) is 0 Å². The summed E-state index contributed by atoms with van der Waals surface area (Å²) in [7, 11) is 1.64. The minimum atomic E-state index is -4.34. The number of hydrogen-bond acceptors (Lipinski definition) is 5. The van der Waals surface area contributed by atoms with Crippen molar-refractivity contribution in [3.8, 4) is 0 Å². The molecule has 0 fully saturated rings. The Bertz CT molecular complexity index is 478. The van der Waals surface area contributed by atoms with Crippen molar-refractivity contribution in [2.75, 3.05) is 11.9 Å². The number of halogens is 3. The van der Waals surface area contributed by atoms with Crippen molar-refractivity contribution < 1.29 is 13.2 Å². The third-order valence-corrected chi connectivity index (χ3v) is 3.11. The molecule has 1 N–H and O–H groups in total. The molecule has 5 nitrogen and oxygen atoms in total. The molecule has 2 aromatic rings. The van der Waals surface area contributed by atoms with Gasteiger partial charge in [0, 0.05) is 7.05 Å². The summed E-state index contributed by atoms with van der Waals surface area (Å²) in [6.45, 7) is 0.324. The number of aromatic nitrogens is 4. The van der Waals surface area contributed by atoms with Gasteiger partial charge in [-0.25, -0.2) is 9.97 Å². The van der Waals surface area contributed by atoms with Crippen LogP contribution in [0.15, 0.2) is 12.5 Å². The lowest BCUT2D eigenvalue weighted by Gasteiger charge is -2.13. The molecule has 0 bridgehead atoms. The van der Waals surface area contributed by atoms with Crippen molar-refractivity contribution in [1.82, 2.24) is 20.2 Å². The summed E-state index contributed by atoms with van der Waals surface area (Å²) in [6, 6.07) is 0. The number of anilines is 1. The molecule has 9 heteroatoms. The van der Waals surface area contributed by atoms with E-state index < -0.39 is 11.1 Å². The topological polar surface area (TPSA) is 57.7 Å². The first-order chi connectivity index (χ1) is 7.97. The van der Waals surface area contributed by atoms with Crippen LogP contribution in [0.4, 0.5) is 18.3 Å². The zero-order valence-electron chi connectivity index (χ0n) is 8.69. The van der Waals surface area contributed by atoms with Crippen molar-refractivity contribution in [2.24, 2.45) is 0 Å². The second kappa shape index (κ2) is 4.32. The fourth-order valence-electron chi connectivity index (χ4n) is 1.17. The minimum absolute atomic E-state index is 0.286. The highest BCUT2D eigenvalue weighted by Gasteiger charge is 2.33. The molecule has 2 rings (SSSR count). The molecule has 0 aliphatic rings. The Hall–Kier alpha value is -1.64. The number of nitrogens with one attached hydrogen (secondary N) is 1. The summed E-state index contributed by atoms with van der Waals surface area (Å²) < 4.78 is 37.1. The van der Waals surface area contributed by atoms with E-state index >= 15 is 0 Å². The molecule has 92 valence electrons. The molecular formula is C8H8F3N5S. The van der Waals surface area contributed by atoms with E-state index in [1.807, 2.05) is 0 Å². The second-order valence-corrected chi connectivity index (χ2v) is 4.30. The monoisotopic (exact) mass is 263 g/mol. The van der Waals surface area contributed by atoms with Crippen molar-refractivity contribution in [3.05, 3.63) is 23.2 Å². The van der Waals surface area contributed by atoms with Gasteiger partial charge in [-0.2, -0.15) is 18.3 Å². The van der Waals surface area contributed by atoms with E-state index in [-0.39, 0.29) is 5.13 Å². The van der Waals surface area contributed by atoms with Gasteiger partial charge in [-0.15, -0.1) is 0 Å². The van der Waals surface area contributed by atoms with E-state index in [4.69, 9.17) is 0 Å². The first-order valence-electron chi connectivity index (χ1n) is 4.55. The van der Waals surface area contributed by atoms with Gasteiger partial charge < -0.3 is 4.90 Å². The van der Waals surface area contributed by atoms with Crippen LogP contribution < -0.4 is 4.90 Å². The summed E-state index contributed by atoms with van der Waals surface area (Å²) >= 11 is 0.598. The lowest BCUT2D eigenvalue weighted by Crippen LogP contribution is -2.16. The molecule has 0 saturated carbocycles. The van der Waals surface area contributed by atoms with Crippen LogP contribution in [0.25, 0.3) is 0 Å². The van der Waals surface area contributed by atoms with Gasteiger partial charge in [-0.3, -0.25) is 5.10 Å². The first kappa shape index (κ1) is 11.8. The molecule has 0 atom stereocenters. The van der Waals surface area contributed by atoms with Gasteiger partial charge >= 0.3 is 6.18 Å². The standard InChI is InChI=1S/C8H8F3N5S/c1-16(3-6-13-4-14-15-6)7-12-2-5(17-7)8(9,10)11/h2,4H,3H2,1H3,(H,13,14,15). The van der Waals surface area contributed by atoms with Crippen LogP contribution in [0, 0.1) is 0 Å². The Balaban J connectivity index is 2.10. The van der Waals surface area contributed by atoms with Crippen LogP contribution in [-0.2, 0) is 12.7 Å². The molecule has 0 amide bonds. The van der Waals surface area contributed by atoms with Gasteiger partial charge in [0.15, 0.2) is 5.13 Å². The molecule has 2 heterocycles. The number of nitrogens with zero attached hydrogens (tertiary/aromatic N) is 4. The number of hydrogen-bond donors (Lipinski definition) is 1. The van der Waals surface area contributed by atoms with Gasteiger partial charge in [-0.1, -0.05) is 11.3 Å². The summed E-state index contributed by atoms with van der Waals surface area (Å²) in [5.41, 5.74) is 0. The molecule has 2 aromatic heterocycles. The van der Waals surface area contributed by atoms with E-state index in [2.05, 4.69) is 20.2 Å². The Kier molecular flexibility index (Phi) is 3.01. The summed E-state index contributed by atoms with van der Waals surface area (Å²) in [6.07, 6.45) is -2.17. The van der Waals surface area contributed by atoms with Crippen LogP contribution in [0.1, 0.15) is 10.7 Å². The maximum absolute atomic E-state index is 12.4. The highest BCUT2D eigenvalue weighted by Crippen LogP contribution is 2.36. The molecule has 0 spiro atoms. The van der Waals surface area contributed by atoms with Crippen molar-refractivity contribution in [2.45, 2.75) is 12.7 Å². The normalized spacial score (nSPS) is 11.8. The average Bonchev–Trinajstić information content (AvgIpc) is 2.85. The van der Waals surface area contributed by atoms with E-state index in [1.165, 1.54) is 6.33 Å². The molecule has 0 aliphatic carbocycles. The fourth-order valence-corrected chi connectivity index (χ4v) is 1.92. The molecule has 0 radical (unpaired) electrons. The van der Waals surface area contributed by atoms with Gasteiger partial charge in [0.1, 0.15) is 17.0 Å². The van der Waals surface area contributed by atoms with Crippen LogP contribution >= 0.6 is 11.3 Å². The molecular weight excluding hydrogens is 255 g/mol. The number of thiazole rings is 1. The molecule has 17 heavy (non-hydrogen) atoms. The predicted molar refractivity (Wildman–Crippen MR) is 55.6 cm³/mol. The van der Waals surface area contributed by atoms with Crippen molar-refractivity contribution in [1.29, 1.82) is 0 Å². The second-order valence-electron chi connectivity index (χ2n) is 3.29. The largest absolute Gasteiger partial charge is 0.427 e. The summed E-state index contributed by atoms with van der Waals surface area (Å²) in [5, 5.41) is 6.57.